The maximum absolute atomic E-state index is 10.3. The molecule has 1 aromatic rings. The summed E-state index contributed by atoms with van der Waals surface area (Å²) in [4.78, 5) is 10.3. The summed E-state index contributed by atoms with van der Waals surface area (Å²) in [7, 11) is 0. The highest BCUT2D eigenvalue weighted by Crippen LogP contribution is 2.40. The second-order valence-electron chi connectivity index (χ2n) is 3.61. The summed E-state index contributed by atoms with van der Waals surface area (Å²) in [6.45, 7) is 2.78. The first-order valence-corrected chi connectivity index (χ1v) is 5.03. The van der Waals surface area contributed by atoms with Crippen molar-refractivity contribution in [1.29, 1.82) is 0 Å². The van der Waals surface area contributed by atoms with Crippen LogP contribution in [0.5, 0.6) is 0 Å². The summed E-state index contributed by atoms with van der Waals surface area (Å²) >= 11 is 0. The average molecular weight is 204 g/mol. The van der Waals surface area contributed by atoms with Crippen LogP contribution in [0, 0.1) is 11.8 Å². The molecule has 2 rings (SSSR count). The Morgan fingerprint density at radius 1 is 1.73 bits per heavy atom. The summed E-state index contributed by atoms with van der Waals surface area (Å²) in [5, 5.41) is 12.9. The van der Waals surface area contributed by atoms with E-state index in [1.54, 1.807) is 4.68 Å². The van der Waals surface area contributed by atoms with Gasteiger partial charge in [-0.15, -0.1) is 0 Å². The van der Waals surface area contributed by atoms with E-state index in [0.717, 1.165) is 30.6 Å². The fraction of sp³-hybridized carbons (Fsp3) is 0.455. The molecule has 0 aromatic carbocycles. The summed E-state index contributed by atoms with van der Waals surface area (Å²) in [6, 6.07) is 0. The fourth-order valence-electron chi connectivity index (χ4n) is 1.47. The number of nitrogens with zero attached hydrogens (tertiary/aromatic N) is 2. The van der Waals surface area contributed by atoms with Gasteiger partial charge in [-0.05, 0) is 19.8 Å². The molecule has 0 unspecified atom stereocenters. The molecular formula is C11H12N2O2. The zero-order valence-corrected chi connectivity index (χ0v) is 8.53. The molecule has 0 bridgehead atoms. The maximum Gasteiger partial charge on any atom is 0.382 e. The van der Waals surface area contributed by atoms with Crippen LogP contribution >= 0.6 is 0 Å². The van der Waals surface area contributed by atoms with E-state index >= 15 is 0 Å². The molecule has 1 aromatic heterocycles. The topological polar surface area (TPSA) is 55.1 Å². The number of aliphatic carboxylic acids is 1. The van der Waals surface area contributed by atoms with Crippen LogP contribution in [0.25, 0.3) is 0 Å². The van der Waals surface area contributed by atoms with Gasteiger partial charge >= 0.3 is 5.97 Å². The number of carboxylic acid groups (broad SMARTS) is 1. The Bertz CT molecular complexity index is 447. The highest BCUT2D eigenvalue weighted by atomic mass is 16.4. The number of carbonyl (C=O) groups is 1. The number of rotatable bonds is 2. The van der Waals surface area contributed by atoms with Gasteiger partial charge in [0.1, 0.15) is 0 Å². The molecule has 1 heterocycles. The molecule has 0 saturated heterocycles. The number of aryl methyl sites for hydroxylation is 1. The first-order chi connectivity index (χ1) is 7.20. The Morgan fingerprint density at radius 2 is 2.47 bits per heavy atom. The number of aromatic nitrogens is 2. The Hall–Kier alpha value is -1.76. The van der Waals surface area contributed by atoms with Crippen LogP contribution in [0.1, 0.15) is 36.9 Å². The molecule has 0 aliphatic heterocycles. The number of hydrogen-bond donors (Lipinski definition) is 1. The molecule has 0 amide bonds. The lowest BCUT2D eigenvalue weighted by Crippen LogP contribution is -1.94. The fourth-order valence-corrected chi connectivity index (χ4v) is 1.47. The lowest BCUT2D eigenvalue weighted by Gasteiger charge is -1.91. The highest BCUT2D eigenvalue weighted by Gasteiger charge is 2.28. The predicted octanol–water partition coefficient (Wildman–Crippen LogP) is 1.22. The van der Waals surface area contributed by atoms with Crippen molar-refractivity contribution < 1.29 is 9.90 Å². The third kappa shape index (κ3) is 2.18. The van der Waals surface area contributed by atoms with Gasteiger partial charge in [0.05, 0.1) is 11.3 Å². The third-order valence-corrected chi connectivity index (χ3v) is 2.38. The molecule has 15 heavy (non-hydrogen) atoms. The van der Waals surface area contributed by atoms with Crippen molar-refractivity contribution >= 4 is 5.97 Å². The smallest absolute Gasteiger partial charge is 0.382 e. The normalized spacial score (nSPS) is 14.5. The van der Waals surface area contributed by atoms with Gasteiger partial charge in [0.2, 0.25) is 0 Å². The van der Waals surface area contributed by atoms with Crippen LogP contribution in [0.4, 0.5) is 0 Å². The summed E-state index contributed by atoms with van der Waals surface area (Å²) in [5.74, 6) is 4.19. The SMILES string of the molecule is CCn1cc(C#CC(=O)O)c(C2CC2)n1. The molecule has 0 atom stereocenters. The van der Waals surface area contributed by atoms with Crippen molar-refractivity contribution in [2.24, 2.45) is 0 Å². The van der Waals surface area contributed by atoms with Crippen LogP contribution in [0.3, 0.4) is 0 Å². The van der Waals surface area contributed by atoms with Gasteiger partial charge in [-0.3, -0.25) is 4.68 Å². The van der Waals surface area contributed by atoms with Crippen LogP contribution in [0.2, 0.25) is 0 Å². The molecule has 1 fully saturated rings. The van der Waals surface area contributed by atoms with Crippen LogP contribution in [0.15, 0.2) is 6.20 Å². The Balaban J connectivity index is 2.32. The van der Waals surface area contributed by atoms with E-state index < -0.39 is 5.97 Å². The Morgan fingerprint density at radius 3 is 3.00 bits per heavy atom. The largest absolute Gasteiger partial charge is 0.472 e. The monoisotopic (exact) mass is 204 g/mol. The first-order valence-electron chi connectivity index (χ1n) is 5.03. The van der Waals surface area contributed by atoms with E-state index in [1.807, 2.05) is 13.1 Å². The third-order valence-electron chi connectivity index (χ3n) is 2.38. The zero-order chi connectivity index (χ0) is 10.8. The van der Waals surface area contributed by atoms with Gasteiger partial charge in [0.15, 0.2) is 0 Å². The van der Waals surface area contributed by atoms with Crippen molar-refractivity contribution in [3.63, 3.8) is 0 Å². The first kappa shape index (κ1) is 9.78. The standard InChI is InChI=1S/C11H12N2O2/c1-2-13-7-9(5-6-10(14)15)11(12-13)8-3-4-8/h7-8H,2-4H2,1H3,(H,14,15). The molecule has 1 aliphatic rings. The second-order valence-corrected chi connectivity index (χ2v) is 3.61. The van der Waals surface area contributed by atoms with E-state index in [4.69, 9.17) is 5.11 Å². The van der Waals surface area contributed by atoms with Crippen molar-refractivity contribution in [2.45, 2.75) is 32.2 Å². The minimum Gasteiger partial charge on any atom is -0.472 e. The quantitative estimate of drug-likeness (QED) is 0.737. The van der Waals surface area contributed by atoms with Crippen LogP contribution < -0.4 is 0 Å². The minimum atomic E-state index is -1.10. The van der Waals surface area contributed by atoms with E-state index in [-0.39, 0.29) is 0 Å². The summed E-state index contributed by atoms with van der Waals surface area (Å²) in [6.07, 6.45) is 4.11. The van der Waals surface area contributed by atoms with E-state index in [1.165, 1.54) is 0 Å². The van der Waals surface area contributed by atoms with Gasteiger partial charge in [0.25, 0.3) is 0 Å². The number of hydrogen-bond acceptors (Lipinski definition) is 2. The molecular weight excluding hydrogens is 192 g/mol. The molecule has 4 heteroatoms. The number of carboxylic acids is 1. The van der Waals surface area contributed by atoms with Gasteiger partial charge < -0.3 is 5.11 Å². The van der Waals surface area contributed by atoms with Crippen molar-refractivity contribution in [1.82, 2.24) is 9.78 Å². The molecule has 1 aliphatic carbocycles. The van der Waals surface area contributed by atoms with Crippen molar-refractivity contribution in [3.05, 3.63) is 17.5 Å². The zero-order valence-electron chi connectivity index (χ0n) is 8.53. The van der Waals surface area contributed by atoms with Crippen molar-refractivity contribution in [2.75, 3.05) is 0 Å². The van der Waals surface area contributed by atoms with Gasteiger partial charge in [0, 0.05) is 24.6 Å². The molecule has 78 valence electrons. The molecule has 0 spiro atoms. The Labute approximate surface area is 87.9 Å². The molecule has 0 radical (unpaired) electrons. The Kier molecular flexibility index (Phi) is 2.46. The molecule has 1 N–H and O–H groups in total. The molecule has 1 saturated carbocycles. The second kappa shape index (κ2) is 3.77. The average Bonchev–Trinajstić information content (AvgIpc) is 2.96. The van der Waals surface area contributed by atoms with E-state index in [2.05, 4.69) is 16.9 Å². The predicted molar refractivity (Wildman–Crippen MR) is 54.4 cm³/mol. The van der Waals surface area contributed by atoms with Crippen molar-refractivity contribution in [3.8, 4) is 11.8 Å². The highest BCUT2D eigenvalue weighted by molar-refractivity contribution is 5.87. The van der Waals surface area contributed by atoms with Gasteiger partial charge in [-0.25, -0.2) is 4.79 Å². The molecule has 4 nitrogen and oxygen atoms in total. The lowest BCUT2D eigenvalue weighted by atomic mass is 10.2. The maximum atomic E-state index is 10.3. The van der Waals surface area contributed by atoms with E-state index in [9.17, 15) is 4.79 Å². The van der Waals surface area contributed by atoms with E-state index in [0.29, 0.717) is 5.92 Å². The minimum absolute atomic E-state index is 0.496. The lowest BCUT2D eigenvalue weighted by molar-refractivity contribution is -0.130. The van der Waals surface area contributed by atoms with Gasteiger partial charge in [-0.1, -0.05) is 5.92 Å². The summed E-state index contributed by atoms with van der Waals surface area (Å²) in [5.41, 5.74) is 1.73. The summed E-state index contributed by atoms with van der Waals surface area (Å²) < 4.78 is 1.81. The van der Waals surface area contributed by atoms with Gasteiger partial charge in [-0.2, -0.15) is 5.10 Å². The van der Waals surface area contributed by atoms with Crippen LogP contribution in [-0.4, -0.2) is 20.9 Å². The van der Waals surface area contributed by atoms with Crippen LogP contribution in [-0.2, 0) is 11.3 Å².